The Balaban J connectivity index is 1.47. The van der Waals surface area contributed by atoms with Crippen LogP contribution in [-0.4, -0.2) is 40.1 Å². The second-order valence-electron chi connectivity index (χ2n) is 7.09. The Bertz CT molecular complexity index is 718. The number of amides is 1. The molecule has 6 heteroatoms. The van der Waals surface area contributed by atoms with Crippen LogP contribution in [0.2, 0.25) is 0 Å². The highest BCUT2D eigenvalue weighted by atomic mass is 16.5. The number of hydrogen-bond donors (Lipinski definition) is 1. The molecule has 1 aromatic carbocycles. The topological polar surface area (TPSA) is 71.3 Å². The van der Waals surface area contributed by atoms with Gasteiger partial charge in [-0.2, -0.15) is 4.98 Å². The molecular formula is C19H24N4O2. The number of benzene rings is 1. The molecule has 2 heterocycles. The van der Waals surface area contributed by atoms with Gasteiger partial charge in [-0.05, 0) is 51.3 Å². The summed E-state index contributed by atoms with van der Waals surface area (Å²) >= 11 is 0. The van der Waals surface area contributed by atoms with E-state index in [0.717, 1.165) is 50.2 Å². The van der Waals surface area contributed by atoms with Crippen molar-refractivity contribution in [2.45, 2.75) is 50.6 Å². The predicted molar refractivity (Wildman–Crippen MR) is 92.9 cm³/mol. The SMILES string of the molecule is Cc1noc(C2CCN(C(C(=O)NC3CC3)c3ccccc3)CC2)n1. The lowest BCUT2D eigenvalue weighted by Crippen LogP contribution is -2.44. The van der Waals surface area contributed by atoms with Gasteiger partial charge >= 0.3 is 0 Å². The van der Waals surface area contributed by atoms with Crippen molar-refractivity contribution >= 4 is 5.91 Å². The summed E-state index contributed by atoms with van der Waals surface area (Å²) in [4.78, 5) is 19.5. The number of aryl methyl sites for hydroxylation is 1. The molecule has 1 aromatic heterocycles. The molecule has 0 spiro atoms. The first-order valence-corrected chi connectivity index (χ1v) is 9.10. The zero-order valence-electron chi connectivity index (χ0n) is 14.5. The van der Waals surface area contributed by atoms with Crippen molar-refractivity contribution in [2.75, 3.05) is 13.1 Å². The fraction of sp³-hybridized carbons (Fsp3) is 0.526. The minimum Gasteiger partial charge on any atom is -0.352 e. The maximum Gasteiger partial charge on any atom is 0.242 e. The molecule has 1 saturated heterocycles. The molecule has 6 nitrogen and oxygen atoms in total. The molecule has 2 aromatic rings. The Kier molecular flexibility index (Phi) is 4.53. The monoisotopic (exact) mass is 340 g/mol. The molecule has 1 amide bonds. The predicted octanol–water partition coefficient (Wildman–Crippen LogP) is 2.58. The van der Waals surface area contributed by atoms with Gasteiger partial charge in [-0.25, -0.2) is 0 Å². The molecule has 0 radical (unpaired) electrons. The van der Waals surface area contributed by atoms with Crippen LogP contribution in [0, 0.1) is 6.92 Å². The summed E-state index contributed by atoms with van der Waals surface area (Å²) in [6.45, 7) is 3.54. The number of carbonyl (C=O) groups is 1. The lowest BCUT2D eigenvalue weighted by atomic mass is 9.93. The Hall–Kier alpha value is -2.21. The van der Waals surface area contributed by atoms with Crippen molar-refractivity contribution in [1.29, 1.82) is 0 Å². The van der Waals surface area contributed by atoms with Gasteiger partial charge in [0.05, 0.1) is 0 Å². The lowest BCUT2D eigenvalue weighted by molar-refractivity contribution is -0.127. The van der Waals surface area contributed by atoms with Crippen LogP contribution in [0.3, 0.4) is 0 Å². The summed E-state index contributed by atoms with van der Waals surface area (Å²) in [5.74, 6) is 1.83. The third-order valence-electron chi connectivity index (χ3n) is 5.07. The van der Waals surface area contributed by atoms with E-state index in [1.807, 2.05) is 37.3 Å². The fourth-order valence-corrected chi connectivity index (χ4v) is 3.55. The highest BCUT2D eigenvalue weighted by molar-refractivity contribution is 5.83. The summed E-state index contributed by atoms with van der Waals surface area (Å²) in [6.07, 6.45) is 4.07. The van der Waals surface area contributed by atoms with Crippen molar-refractivity contribution in [2.24, 2.45) is 0 Å². The molecule has 1 saturated carbocycles. The molecule has 1 aliphatic carbocycles. The van der Waals surface area contributed by atoms with Crippen LogP contribution < -0.4 is 5.32 Å². The van der Waals surface area contributed by atoms with Crippen LogP contribution in [0.4, 0.5) is 0 Å². The molecule has 25 heavy (non-hydrogen) atoms. The van der Waals surface area contributed by atoms with E-state index in [1.165, 1.54) is 0 Å². The third kappa shape index (κ3) is 3.74. The van der Waals surface area contributed by atoms with Gasteiger partial charge in [0, 0.05) is 12.0 Å². The van der Waals surface area contributed by atoms with Crippen LogP contribution in [0.15, 0.2) is 34.9 Å². The summed E-state index contributed by atoms with van der Waals surface area (Å²) in [5, 5.41) is 7.07. The van der Waals surface area contributed by atoms with Gasteiger partial charge in [0.2, 0.25) is 11.8 Å². The third-order valence-corrected chi connectivity index (χ3v) is 5.07. The number of hydrogen-bond acceptors (Lipinski definition) is 5. The maximum atomic E-state index is 12.9. The van der Waals surface area contributed by atoms with Crippen LogP contribution >= 0.6 is 0 Å². The van der Waals surface area contributed by atoms with Gasteiger partial charge in [0.25, 0.3) is 0 Å². The van der Waals surface area contributed by atoms with Crippen molar-refractivity contribution < 1.29 is 9.32 Å². The molecule has 1 aliphatic heterocycles. The normalized spacial score (nSPS) is 20.4. The summed E-state index contributed by atoms with van der Waals surface area (Å²) in [5.41, 5.74) is 1.06. The standard InChI is InChI=1S/C19H24N4O2/c1-13-20-19(25-22-13)15-9-11-23(12-10-15)17(14-5-3-2-4-6-14)18(24)21-16-7-8-16/h2-6,15-17H,7-12H2,1H3,(H,21,24). The zero-order chi connectivity index (χ0) is 17.2. The molecule has 1 N–H and O–H groups in total. The number of nitrogens with zero attached hydrogens (tertiary/aromatic N) is 3. The van der Waals surface area contributed by atoms with Gasteiger partial charge < -0.3 is 9.84 Å². The van der Waals surface area contributed by atoms with E-state index in [2.05, 4.69) is 20.4 Å². The highest BCUT2D eigenvalue weighted by Gasteiger charge is 2.35. The smallest absolute Gasteiger partial charge is 0.242 e. The van der Waals surface area contributed by atoms with Crippen molar-refractivity contribution in [1.82, 2.24) is 20.4 Å². The molecule has 4 rings (SSSR count). The van der Waals surface area contributed by atoms with Gasteiger partial charge in [0.15, 0.2) is 5.82 Å². The molecule has 132 valence electrons. The Morgan fingerprint density at radius 2 is 1.92 bits per heavy atom. The van der Waals surface area contributed by atoms with Crippen LogP contribution in [-0.2, 0) is 4.79 Å². The van der Waals surface area contributed by atoms with E-state index in [-0.39, 0.29) is 11.9 Å². The van der Waals surface area contributed by atoms with E-state index in [0.29, 0.717) is 17.8 Å². The first-order valence-electron chi connectivity index (χ1n) is 9.10. The van der Waals surface area contributed by atoms with E-state index in [9.17, 15) is 4.79 Å². The summed E-state index contributed by atoms with van der Waals surface area (Å²) < 4.78 is 5.33. The number of aromatic nitrogens is 2. The molecule has 2 fully saturated rings. The number of carbonyl (C=O) groups excluding carboxylic acids is 1. The summed E-state index contributed by atoms with van der Waals surface area (Å²) in [7, 11) is 0. The van der Waals surface area contributed by atoms with Crippen molar-refractivity contribution in [3.63, 3.8) is 0 Å². The van der Waals surface area contributed by atoms with Gasteiger partial charge in [-0.15, -0.1) is 0 Å². The van der Waals surface area contributed by atoms with Gasteiger partial charge in [0.1, 0.15) is 6.04 Å². The van der Waals surface area contributed by atoms with E-state index in [4.69, 9.17) is 4.52 Å². The molecule has 2 aliphatic rings. The van der Waals surface area contributed by atoms with E-state index >= 15 is 0 Å². The lowest BCUT2D eigenvalue weighted by Gasteiger charge is -2.36. The summed E-state index contributed by atoms with van der Waals surface area (Å²) in [6, 6.07) is 10.2. The van der Waals surface area contributed by atoms with Crippen LogP contribution in [0.1, 0.15) is 54.9 Å². The molecular weight excluding hydrogens is 316 g/mol. The minimum atomic E-state index is -0.216. The molecule has 1 atom stereocenters. The van der Waals surface area contributed by atoms with Gasteiger partial charge in [-0.1, -0.05) is 35.5 Å². The van der Waals surface area contributed by atoms with E-state index in [1.54, 1.807) is 0 Å². The second kappa shape index (κ2) is 6.96. The number of piperidine rings is 1. The maximum absolute atomic E-state index is 12.9. The van der Waals surface area contributed by atoms with Crippen molar-refractivity contribution in [3.8, 4) is 0 Å². The Morgan fingerprint density at radius 1 is 1.20 bits per heavy atom. The van der Waals surface area contributed by atoms with Crippen molar-refractivity contribution in [3.05, 3.63) is 47.6 Å². The number of likely N-dealkylation sites (tertiary alicyclic amines) is 1. The fourth-order valence-electron chi connectivity index (χ4n) is 3.55. The van der Waals surface area contributed by atoms with Crippen LogP contribution in [0.25, 0.3) is 0 Å². The first kappa shape index (κ1) is 16.3. The highest BCUT2D eigenvalue weighted by Crippen LogP contribution is 2.32. The number of nitrogens with one attached hydrogen (secondary N) is 1. The first-order chi connectivity index (χ1) is 12.2. The minimum absolute atomic E-state index is 0.126. The van der Waals surface area contributed by atoms with E-state index < -0.39 is 0 Å². The molecule has 1 unspecified atom stereocenters. The van der Waals surface area contributed by atoms with Gasteiger partial charge in [-0.3, -0.25) is 9.69 Å². The quantitative estimate of drug-likeness (QED) is 0.906. The largest absolute Gasteiger partial charge is 0.352 e. The Morgan fingerprint density at radius 3 is 2.52 bits per heavy atom. The second-order valence-corrected chi connectivity index (χ2v) is 7.09. The average Bonchev–Trinajstić information content (AvgIpc) is 3.34. The zero-order valence-corrected chi connectivity index (χ0v) is 14.5. The molecule has 0 bridgehead atoms. The Labute approximate surface area is 147 Å². The average molecular weight is 340 g/mol. The van der Waals surface area contributed by atoms with Crippen LogP contribution in [0.5, 0.6) is 0 Å². The number of rotatable bonds is 5.